The van der Waals surface area contributed by atoms with Crippen LogP contribution in [-0.2, 0) is 27.7 Å². The molecule has 2 aromatic rings. The van der Waals surface area contributed by atoms with Gasteiger partial charge < -0.3 is 5.32 Å². The Hall–Kier alpha value is -2.34. The number of anilines is 1. The Morgan fingerprint density at radius 3 is 2.23 bits per heavy atom. The summed E-state index contributed by atoms with van der Waals surface area (Å²) in [5.74, 6) is -0.297. The van der Waals surface area contributed by atoms with Gasteiger partial charge in [0.15, 0.2) is 0 Å². The minimum absolute atomic E-state index is 0.150. The van der Waals surface area contributed by atoms with Gasteiger partial charge in [-0.05, 0) is 92.8 Å². The summed E-state index contributed by atoms with van der Waals surface area (Å²) < 4.78 is 26.5. The number of hydrogen-bond acceptors (Lipinski definition) is 3. The van der Waals surface area contributed by atoms with Gasteiger partial charge in [0.1, 0.15) is 6.04 Å². The van der Waals surface area contributed by atoms with Gasteiger partial charge in [0.25, 0.3) is 0 Å². The fourth-order valence-corrected chi connectivity index (χ4v) is 5.73. The summed E-state index contributed by atoms with van der Waals surface area (Å²) in [5, 5.41) is 3.10. The number of benzene rings is 2. The van der Waals surface area contributed by atoms with E-state index in [1.807, 2.05) is 26.8 Å². The highest BCUT2D eigenvalue weighted by molar-refractivity contribution is 7.92. The average Bonchev–Trinajstić information content (AvgIpc) is 2.69. The van der Waals surface area contributed by atoms with Crippen molar-refractivity contribution < 1.29 is 13.2 Å². The van der Waals surface area contributed by atoms with Gasteiger partial charge in [0.05, 0.1) is 18.0 Å². The molecule has 0 saturated carbocycles. The highest BCUT2D eigenvalue weighted by Crippen LogP contribution is 2.27. The number of rotatable bonds is 7. The normalized spacial score (nSPS) is 15.6. The van der Waals surface area contributed by atoms with E-state index >= 15 is 0 Å². The number of carbonyl (C=O) groups excluding carboxylic acids is 1. The SMILES string of the molecule is CCC(NC(=O)C(C)N(c1cc(C)cc(C)c1)S(C)(=O)=O)c1ccc2c(c1)CCCC2. The molecule has 1 amide bonds. The molecule has 0 heterocycles. The van der Waals surface area contributed by atoms with Crippen LogP contribution in [0.4, 0.5) is 5.69 Å². The smallest absolute Gasteiger partial charge is 0.244 e. The van der Waals surface area contributed by atoms with Crippen LogP contribution in [0.15, 0.2) is 36.4 Å². The zero-order chi connectivity index (χ0) is 22.8. The number of nitrogens with one attached hydrogen (secondary N) is 1. The summed E-state index contributed by atoms with van der Waals surface area (Å²) in [5.41, 5.74) is 6.29. The van der Waals surface area contributed by atoms with E-state index < -0.39 is 16.1 Å². The Bertz CT molecular complexity index is 1040. The van der Waals surface area contributed by atoms with Gasteiger partial charge >= 0.3 is 0 Å². The summed E-state index contributed by atoms with van der Waals surface area (Å²) in [6.07, 6.45) is 6.52. The van der Waals surface area contributed by atoms with Gasteiger partial charge in [-0.25, -0.2) is 8.42 Å². The van der Waals surface area contributed by atoms with Crippen LogP contribution >= 0.6 is 0 Å². The minimum Gasteiger partial charge on any atom is -0.347 e. The van der Waals surface area contributed by atoms with Crippen molar-refractivity contribution in [2.75, 3.05) is 10.6 Å². The van der Waals surface area contributed by atoms with Gasteiger partial charge in [-0.15, -0.1) is 0 Å². The minimum atomic E-state index is -3.64. The van der Waals surface area contributed by atoms with E-state index in [-0.39, 0.29) is 11.9 Å². The zero-order valence-electron chi connectivity index (χ0n) is 19.2. The molecule has 2 aromatic carbocycles. The van der Waals surface area contributed by atoms with E-state index in [2.05, 4.69) is 23.5 Å². The molecule has 1 aliphatic rings. The zero-order valence-corrected chi connectivity index (χ0v) is 20.1. The lowest BCUT2D eigenvalue weighted by atomic mass is 9.88. The van der Waals surface area contributed by atoms with Gasteiger partial charge in [-0.3, -0.25) is 9.10 Å². The molecule has 0 saturated heterocycles. The molecule has 31 heavy (non-hydrogen) atoms. The van der Waals surface area contributed by atoms with Crippen molar-refractivity contribution in [1.82, 2.24) is 5.32 Å². The van der Waals surface area contributed by atoms with Crippen molar-refractivity contribution in [2.24, 2.45) is 0 Å². The van der Waals surface area contributed by atoms with Crippen LogP contribution in [0.5, 0.6) is 0 Å². The highest BCUT2D eigenvalue weighted by Gasteiger charge is 2.30. The first-order valence-electron chi connectivity index (χ1n) is 11.1. The summed E-state index contributed by atoms with van der Waals surface area (Å²) in [6, 6.07) is 11.1. The third-order valence-electron chi connectivity index (χ3n) is 6.05. The molecule has 0 aromatic heterocycles. The molecule has 1 N–H and O–H groups in total. The number of hydrogen-bond donors (Lipinski definition) is 1. The van der Waals surface area contributed by atoms with Crippen LogP contribution < -0.4 is 9.62 Å². The van der Waals surface area contributed by atoms with Crippen LogP contribution in [0.2, 0.25) is 0 Å². The van der Waals surface area contributed by atoms with Crippen molar-refractivity contribution in [3.05, 3.63) is 64.2 Å². The van der Waals surface area contributed by atoms with Crippen LogP contribution in [0.1, 0.15) is 67.0 Å². The molecular formula is C25H34N2O3S. The Morgan fingerprint density at radius 1 is 1.03 bits per heavy atom. The van der Waals surface area contributed by atoms with Crippen molar-refractivity contribution in [1.29, 1.82) is 0 Å². The molecular weight excluding hydrogens is 408 g/mol. The maximum atomic E-state index is 13.2. The lowest BCUT2D eigenvalue weighted by Crippen LogP contribution is -2.48. The van der Waals surface area contributed by atoms with Crippen molar-refractivity contribution >= 4 is 21.6 Å². The summed E-state index contributed by atoms with van der Waals surface area (Å²) in [6.45, 7) is 7.52. The van der Waals surface area contributed by atoms with Crippen LogP contribution in [-0.4, -0.2) is 26.6 Å². The Balaban J connectivity index is 1.85. The first-order valence-corrected chi connectivity index (χ1v) is 12.9. The van der Waals surface area contributed by atoms with Crippen LogP contribution in [0.3, 0.4) is 0 Å². The Labute approximate surface area is 186 Å². The van der Waals surface area contributed by atoms with E-state index in [1.165, 1.54) is 28.3 Å². The predicted molar refractivity (Wildman–Crippen MR) is 127 cm³/mol. The molecule has 0 spiro atoms. The maximum absolute atomic E-state index is 13.2. The Morgan fingerprint density at radius 2 is 1.65 bits per heavy atom. The first-order chi connectivity index (χ1) is 14.6. The standard InChI is InChI=1S/C25H34N2O3S/c1-6-24(22-12-11-20-9-7-8-10-21(20)16-22)26-25(28)19(4)27(31(5,29)30)23-14-17(2)13-18(3)15-23/h11-16,19,24H,6-10H2,1-5H3,(H,26,28). The summed E-state index contributed by atoms with van der Waals surface area (Å²) in [7, 11) is -3.64. The second kappa shape index (κ2) is 9.43. The number of sulfonamides is 1. The quantitative estimate of drug-likeness (QED) is 0.681. The fourth-order valence-electron chi connectivity index (χ4n) is 4.57. The van der Waals surface area contributed by atoms with Crippen molar-refractivity contribution in [2.45, 2.75) is 71.9 Å². The van der Waals surface area contributed by atoms with Crippen molar-refractivity contribution in [3.8, 4) is 0 Å². The van der Waals surface area contributed by atoms with E-state index in [4.69, 9.17) is 0 Å². The number of nitrogens with zero attached hydrogens (tertiary/aromatic N) is 1. The lowest BCUT2D eigenvalue weighted by molar-refractivity contribution is -0.122. The molecule has 0 aliphatic heterocycles. The molecule has 5 nitrogen and oxygen atoms in total. The molecule has 1 aliphatic carbocycles. The average molecular weight is 443 g/mol. The number of fused-ring (bicyclic) bond motifs is 1. The third kappa shape index (κ3) is 5.48. The van der Waals surface area contributed by atoms with E-state index in [1.54, 1.807) is 19.1 Å². The highest BCUT2D eigenvalue weighted by atomic mass is 32.2. The number of amides is 1. The molecule has 6 heteroatoms. The lowest BCUT2D eigenvalue weighted by Gasteiger charge is -2.30. The predicted octanol–water partition coefficient (Wildman–Crippen LogP) is 4.60. The largest absolute Gasteiger partial charge is 0.347 e. The van der Waals surface area contributed by atoms with E-state index in [0.29, 0.717) is 5.69 Å². The molecule has 168 valence electrons. The van der Waals surface area contributed by atoms with Crippen LogP contribution in [0.25, 0.3) is 0 Å². The monoisotopic (exact) mass is 442 g/mol. The van der Waals surface area contributed by atoms with Gasteiger partial charge in [-0.1, -0.05) is 31.2 Å². The molecule has 3 rings (SSSR count). The second-order valence-electron chi connectivity index (χ2n) is 8.79. The number of aryl methyl sites for hydroxylation is 4. The fraction of sp³-hybridized carbons (Fsp3) is 0.480. The van der Waals surface area contributed by atoms with Crippen molar-refractivity contribution in [3.63, 3.8) is 0 Å². The van der Waals surface area contributed by atoms with E-state index in [9.17, 15) is 13.2 Å². The summed E-state index contributed by atoms with van der Waals surface area (Å²) >= 11 is 0. The topological polar surface area (TPSA) is 66.5 Å². The third-order valence-corrected chi connectivity index (χ3v) is 7.29. The van der Waals surface area contributed by atoms with Crippen LogP contribution in [0, 0.1) is 13.8 Å². The Kier molecular flexibility index (Phi) is 7.10. The molecule has 0 bridgehead atoms. The summed E-state index contributed by atoms with van der Waals surface area (Å²) in [4.78, 5) is 13.2. The molecule has 2 atom stereocenters. The van der Waals surface area contributed by atoms with Gasteiger partial charge in [-0.2, -0.15) is 0 Å². The molecule has 2 unspecified atom stereocenters. The number of carbonyl (C=O) groups is 1. The first kappa shape index (κ1) is 23.3. The molecule has 0 fully saturated rings. The molecule has 0 radical (unpaired) electrons. The van der Waals surface area contributed by atoms with Gasteiger partial charge in [0.2, 0.25) is 15.9 Å². The van der Waals surface area contributed by atoms with Gasteiger partial charge in [0, 0.05) is 0 Å². The second-order valence-corrected chi connectivity index (χ2v) is 10.6. The maximum Gasteiger partial charge on any atom is 0.244 e. The van der Waals surface area contributed by atoms with E-state index in [0.717, 1.165) is 42.2 Å².